The smallest absolute Gasteiger partial charge is 0.306 e. The molecule has 0 aromatic carbocycles. The lowest BCUT2D eigenvalue weighted by molar-refractivity contribution is -0.167. The molecule has 6 heteroatoms. The molecule has 0 N–H and O–H groups in total. The van der Waals surface area contributed by atoms with Crippen molar-refractivity contribution in [1.29, 1.82) is 0 Å². The highest BCUT2D eigenvalue weighted by molar-refractivity contribution is 5.71. The molecular weight excluding hydrogens is 805 g/mol. The van der Waals surface area contributed by atoms with Crippen LogP contribution in [-0.4, -0.2) is 37.2 Å². The number of hydrogen-bond acceptors (Lipinski definition) is 6. The molecule has 0 aliphatic carbocycles. The number of carbonyl (C=O) groups is 3. The maximum atomic E-state index is 12.9. The minimum absolute atomic E-state index is 0.0630. The summed E-state index contributed by atoms with van der Waals surface area (Å²) in [4.78, 5) is 38.1. The molecule has 65 heavy (non-hydrogen) atoms. The van der Waals surface area contributed by atoms with Gasteiger partial charge in [0.15, 0.2) is 6.10 Å². The third-order valence-electron chi connectivity index (χ3n) is 13.8. The van der Waals surface area contributed by atoms with Crippen molar-refractivity contribution in [2.24, 2.45) is 11.8 Å². The topological polar surface area (TPSA) is 78.9 Å². The van der Waals surface area contributed by atoms with Gasteiger partial charge in [-0.05, 0) is 31.1 Å². The van der Waals surface area contributed by atoms with Crippen LogP contribution in [0.4, 0.5) is 0 Å². The van der Waals surface area contributed by atoms with Gasteiger partial charge in [-0.15, -0.1) is 0 Å². The fourth-order valence-electron chi connectivity index (χ4n) is 9.02. The monoisotopic (exact) mass is 919 g/mol. The van der Waals surface area contributed by atoms with Crippen molar-refractivity contribution in [3.63, 3.8) is 0 Å². The van der Waals surface area contributed by atoms with Crippen LogP contribution in [0.5, 0.6) is 0 Å². The van der Waals surface area contributed by atoms with Gasteiger partial charge in [-0.3, -0.25) is 14.4 Å². The van der Waals surface area contributed by atoms with Crippen molar-refractivity contribution in [1.82, 2.24) is 0 Å². The van der Waals surface area contributed by atoms with Gasteiger partial charge in [0.25, 0.3) is 0 Å². The number of esters is 3. The lowest BCUT2D eigenvalue weighted by atomic mass is 9.99. The quantitative estimate of drug-likeness (QED) is 0.0344. The second kappa shape index (κ2) is 51.8. The van der Waals surface area contributed by atoms with Gasteiger partial charge in [0.05, 0.1) is 0 Å². The van der Waals surface area contributed by atoms with E-state index in [4.69, 9.17) is 14.2 Å². The van der Waals surface area contributed by atoms with Gasteiger partial charge in [0, 0.05) is 19.3 Å². The standard InChI is InChI=1S/C59H114O6/c1-6-8-9-10-11-12-13-14-15-16-17-18-22-25-28-34-39-44-49-57(60)63-52-56(53-64-58(61)50-45-40-35-31-30-32-37-42-47-54(3)4)65-59(62)51-46-41-36-29-26-23-20-19-21-24-27-33-38-43-48-55(5)7-2/h54-56H,6-53H2,1-5H3/t55?,56-/m0/s1. The molecule has 0 heterocycles. The highest BCUT2D eigenvalue weighted by Crippen LogP contribution is 2.19. The van der Waals surface area contributed by atoms with Crippen LogP contribution in [-0.2, 0) is 28.6 Å². The van der Waals surface area contributed by atoms with Gasteiger partial charge in [-0.2, -0.15) is 0 Å². The van der Waals surface area contributed by atoms with Crippen LogP contribution >= 0.6 is 0 Å². The van der Waals surface area contributed by atoms with Crippen molar-refractivity contribution in [2.45, 2.75) is 336 Å². The van der Waals surface area contributed by atoms with Crippen LogP contribution < -0.4 is 0 Å². The van der Waals surface area contributed by atoms with Gasteiger partial charge in [-0.25, -0.2) is 0 Å². The van der Waals surface area contributed by atoms with Crippen LogP contribution in [0, 0.1) is 11.8 Å². The number of carbonyl (C=O) groups excluding carboxylic acids is 3. The molecule has 0 saturated heterocycles. The Hall–Kier alpha value is -1.59. The molecule has 2 atom stereocenters. The summed E-state index contributed by atoms with van der Waals surface area (Å²) in [6.07, 6.45) is 55.2. The highest BCUT2D eigenvalue weighted by Gasteiger charge is 2.19. The van der Waals surface area contributed by atoms with E-state index in [0.717, 1.165) is 69.6 Å². The van der Waals surface area contributed by atoms with Gasteiger partial charge in [0.1, 0.15) is 13.2 Å². The van der Waals surface area contributed by atoms with E-state index < -0.39 is 6.10 Å². The summed E-state index contributed by atoms with van der Waals surface area (Å²) in [7, 11) is 0. The second-order valence-corrected chi connectivity index (χ2v) is 21.0. The van der Waals surface area contributed by atoms with E-state index in [2.05, 4.69) is 34.6 Å². The first kappa shape index (κ1) is 63.4. The number of rotatable bonds is 53. The SMILES string of the molecule is CCCCCCCCCCCCCCCCCCCCC(=O)OC[C@@H](COC(=O)CCCCCCCCCCC(C)C)OC(=O)CCCCCCCCCCCCCCCCC(C)CC. The Morgan fingerprint density at radius 1 is 0.323 bits per heavy atom. The first-order valence-corrected chi connectivity index (χ1v) is 29.3. The minimum atomic E-state index is -0.763. The molecule has 0 aromatic rings. The summed E-state index contributed by atoms with van der Waals surface area (Å²) in [5, 5.41) is 0. The Morgan fingerprint density at radius 3 is 0.877 bits per heavy atom. The summed E-state index contributed by atoms with van der Waals surface area (Å²) in [5.41, 5.74) is 0. The molecule has 1 unspecified atom stereocenters. The van der Waals surface area contributed by atoms with E-state index in [0.29, 0.717) is 19.3 Å². The van der Waals surface area contributed by atoms with Gasteiger partial charge in [0.2, 0.25) is 0 Å². The van der Waals surface area contributed by atoms with Crippen molar-refractivity contribution < 1.29 is 28.6 Å². The van der Waals surface area contributed by atoms with Gasteiger partial charge in [-0.1, -0.05) is 291 Å². The molecule has 0 aromatic heterocycles. The largest absolute Gasteiger partial charge is 0.462 e. The molecule has 0 aliphatic rings. The van der Waals surface area contributed by atoms with Crippen LogP contribution in [0.2, 0.25) is 0 Å². The van der Waals surface area contributed by atoms with Crippen LogP contribution in [0.3, 0.4) is 0 Å². The first-order valence-electron chi connectivity index (χ1n) is 29.3. The summed E-state index contributed by atoms with van der Waals surface area (Å²) in [6, 6.07) is 0. The maximum Gasteiger partial charge on any atom is 0.306 e. The Labute approximate surface area is 406 Å². The maximum absolute atomic E-state index is 12.9. The van der Waals surface area contributed by atoms with E-state index in [1.807, 2.05) is 0 Å². The van der Waals surface area contributed by atoms with Gasteiger partial charge >= 0.3 is 17.9 Å². The van der Waals surface area contributed by atoms with Crippen molar-refractivity contribution in [3.8, 4) is 0 Å². The molecule has 0 aliphatic heterocycles. The zero-order valence-electron chi connectivity index (χ0n) is 44.6. The molecule has 386 valence electrons. The molecule has 0 saturated carbocycles. The minimum Gasteiger partial charge on any atom is -0.462 e. The van der Waals surface area contributed by atoms with Crippen LogP contribution in [0.25, 0.3) is 0 Å². The predicted octanol–water partition coefficient (Wildman–Crippen LogP) is 19.3. The summed E-state index contributed by atoms with van der Waals surface area (Å²) in [6.45, 7) is 11.4. The molecular formula is C59H114O6. The zero-order chi connectivity index (χ0) is 47.5. The summed E-state index contributed by atoms with van der Waals surface area (Å²) >= 11 is 0. The molecule has 0 spiro atoms. The summed E-state index contributed by atoms with van der Waals surface area (Å²) < 4.78 is 16.9. The van der Waals surface area contributed by atoms with E-state index in [9.17, 15) is 14.4 Å². The normalized spacial score (nSPS) is 12.5. The zero-order valence-corrected chi connectivity index (χ0v) is 44.6. The lowest BCUT2D eigenvalue weighted by Gasteiger charge is -2.18. The number of unbranched alkanes of at least 4 members (excludes halogenated alkanes) is 37. The third-order valence-corrected chi connectivity index (χ3v) is 13.8. The van der Waals surface area contributed by atoms with Crippen molar-refractivity contribution in [3.05, 3.63) is 0 Å². The Morgan fingerprint density at radius 2 is 0.585 bits per heavy atom. The molecule has 0 rings (SSSR count). The molecule has 0 amide bonds. The van der Waals surface area contributed by atoms with E-state index >= 15 is 0 Å². The number of hydrogen-bond donors (Lipinski definition) is 0. The van der Waals surface area contributed by atoms with E-state index in [1.165, 1.54) is 218 Å². The summed E-state index contributed by atoms with van der Waals surface area (Å²) in [5.74, 6) is 0.849. The molecule has 6 nitrogen and oxygen atoms in total. The molecule has 0 bridgehead atoms. The first-order chi connectivity index (χ1) is 31.8. The van der Waals surface area contributed by atoms with Crippen LogP contribution in [0.15, 0.2) is 0 Å². The second-order valence-electron chi connectivity index (χ2n) is 21.0. The average Bonchev–Trinajstić information content (AvgIpc) is 3.29. The Bertz CT molecular complexity index is 995. The highest BCUT2D eigenvalue weighted by atomic mass is 16.6. The van der Waals surface area contributed by atoms with Gasteiger partial charge < -0.3 is 14.2 Å². The fourth-order valence-corrected chi connectivity index (χ4v) is 9.02. The van der Waals surface area contributed by atoms with Crippen molar-refractivity contribution in [2.75, 3.05) is 13.2 Å². The molecule has 0 radical (unpaired) electrons. The Balaban J connectivity index is 4.26. The molecule has 0 fully saturated rings. The van der Waals surface area contributed by atoms with E-state index in [-0.39, 0.29) is 31.1 Å². The van der Waals surface area contributed by atoms with E-state index in [1.54, 1.807) is 0 Å². The van der Waals surface area contributed by atoms with Crippen molar-refractivity contribution >= 4 is 17.9 Å². The number of ether oxygens (including phenoxy) is 3. The fraction of sp³-hybridized carbons (Fsp3) is 0.949. The third kappa shape index (κ3) is 51.6. The average molecular weight is 920 g/mol. The predicted molar refractivity (Wildman–Crippen MR) is 280 cm³/mol. The van der Waals surface area contributed by atoms with Crippen LogP contribution in [0.1, 0.15) is 330 Å². The Kier molecular flexibility index (Phi) is 50.5. The lowest BCUT2D eigenvalue weighted by Crippen LogP contribution is -2.30.